The van der Waals surface area contributed by atoms with Crippen molar-refractivity contribution in [2.45, 2.75) is 11.7 Å². The smallest absolute Gasteiger partial charge is 0.406 e. The fourth-order valence-electron chi connectivity index (χ4n) is 0.786. The second kappa shape index (κ2) is 4.12. The zero-order valence-electron chi connectivity index (χ0n) is 6.61. The molecule has 2 nitrogen and oxygen atoms in total. The van der Waals surface area contributed by atoms with Crippen LogP contribution in [0.2, 0.25) is 0 Å². The average molecular weight is 274 g/mol. The molecule has 0 N–H and O–H groups in total. The zero-order chi connectivity index (χ0) is 10.8. The number of aromatic nitrogens is 1. The first-order valence-electron chi connectivity index (χ1n) is 3.39. The maximum absolute atomic E-state index is 12.6. The normalized spacial score (nSPS) is 11.5. The highest BCUT2D eigenvalue weighted by Gasteiger charge is 2.31. The molecule has 78 valence electrons. The molecule has 0 fully saturated rings. The van der Waals surface area contributed by atoms with Gasteiger partial charge in [0, 0.05) is 17.5 Å². The van der Waals surface area contributed by atoms with Crippen LogP contribution in [0.4, 0.5) is 17.6 Å². The Morgan fingerprint density at radius 1 is 1.36 bits per heavy atom. The second-order valence-electron chi connectivity index (χ2n) is 2.30. The van der Waals surface area contributed by atoms with E-state index < -0.39 is 18.1 Å². The lowest BCUT2D eigenvalue weighted by atomic mass is 10.3. The number of alkyl halides is 4. The standard InChI is InChI=1S/C7H4BrF4NO/c8-3-4-1-5(2-6(9)13-4)14-7(10,11)12/h1-2H,3H2. The molecule has 14 heavy (non-hydrogen) atoms. The minimum Gasteiger partial charge on any atom is -0.406 e. The highest BCUT2D eigenvalue weighted by molar-refractivity contribution is 9.08. The molecule has 1 aromatic rings. The summed E-state index contributed by atoms with van der Waals surface area (Å²) in [5.74, 6) is -1.62. The average Bonchev–Trinajstić information content (AvgIpc) is 1.99. The zero-order valence-corrected chi connectivity index (χ0v) is 8.19. The van der Waals surface area contributed by atoms with E-state index in [4.69, 9.17) is 0 Å². The van der Waals surface area contributed by atoms with Gasteiger partial charge in [-0.1, -0.05) is 15.9 Å². The number of hydrogen-bond donors (Lipinski definition) is 0. The summed E-state index contributed by atoms with van der Waals surface area (Å²) < 4.78 is 51.3. The van der Waals surface area contributed by atoms with Crippen molar-refractivity contribution in [1.82, 2.24) is 4.98 Å². The van der Waals surface area contributed by atoms with E-state index in [2.05, 4.69) is 25.7 Å². The second-order valence-corrected chi connectivity index (χ2v) is 2.86. The molecule has 0 aliphatic heterocycles. The highest BCUT2D eigenvalue weighted by atomic mass is 79.9. The Hall–Kier alpha value is -0.850. The lowest BCUT2D eigenvalue weighted by Gasteiger charge is -2.09. The topological polar surface area (TPSA) is 22.1 Å². The summed E-state index contributed by atoms with van der Waals surface area (Å²) >= 11 is 2.94. The molecule has 0 saturated carbocycles. The van der Waals surface area contributed by atoms with Crippen molar-refractivity contribution in [2.24, 2.45) is 0 Å². The molecule has 0 aliphatic carbocycles. The molecule has 0 atom stereocenters. The third-order valence-electron chi connectivity index (χ3n) is 1.19. The summed E-state index contributed by atoms with van der Waals surface area (Å²) in [7, 11) is 0. The molecule has 0 aliphatic rings. The predicted octanol–water partition coefficient (Wildman–Crippen LogP) is 3.01. The van der Waals surface area contributed by atoms with Crippen LogP contribution in [-0.4, -0.2) is 11.3 Å². The summed E-state index contributed by atoms with van der Waals surface area (Å²) in [6, 6.07) is 1.57. The van der Waals surface area contributed by atoms with E-state index in [0.717, 1.165) is 6.07 Å². The maximum Gasteiger partial charge on any atom is 0.573 e. The van der Waals surface area contributed by atoms with Crippen molar-refractivity contribution in [3.8, 4) is 5.75 Å². The number of halogens is 5. The fraction of sp³-hybridized carbons (Fsp3) is 0.286. The van der Waals surface area contributed by atoms with Crippen molar-refractivity contribution in [3.63, 3.8) is 0 Å². The molecular formula is C7H4BrF4NO. The van der Waals surface area contributed by atoms with Gasteiger partial charge in [0.05, 0.1) is 5.69 Å². The molecule has 0 unspecified atom stereocenters. The first-order valence-corrected chi connectivity index (χ1v) is 4.51. The summed E-state index contributed by atoms with van der Waals surface area (Å²) in [6.45, 7) is 0. The van der Waals surface area contributed by atoms with Crippen LogP contribution in [0.1, 0.15) is 5.69 Å². The van der Waals surface area contributed by atoms with Crippen LogP contribution in [0.25, 0.3) is 0 Å². The van der Waals surface area contributed by atoms with E-state index in [-0.39, 0.29) is 11.0 Å². The Morgan fingerprint density at radius 3 is 2.50 bits per heavy atom. The van der Waals surface area contributed by atoms with Crippen molar-refractivity contribution in [2.75, 3.05) is 0 Å². The van der Waals surface area contributed by atoms with Gasteiger partial charge in [0.15, 0.2) is 0 Å². The fourth-order valence-corrected chi connectivity index (χ4v) is 1.07. The van der Waals surface area contributed by atoms with Crippen LogP contribution in [0.3, 0.4) is 0 Å². The molecule has 7 heteroatoms. The minimum absolute atomic E-state index is 0.129. The van der Waals surface area contributed by atoms with Gasteiger partial charge in [-0.05, 0) is 0 Å². The van der Waals surface area contributed by atoms with Gasteiger partial charge in [0.25, 0.3) is 0 Å². The van der Waals surface area contributed by atoms with E-state index >= 15 is 0 Å². The lowest BCUT2D eigenvalue weighted by molar-refractivity contribution is -0.274. The summed E-state index contributed by atoms with van der Waals surface area (Å²) in [5.41, 5.74) is 0.129. The third kappa shape index (κ3) is 3.49. The molecule has 0 saturated heterocycles. The Labute approximate surface area is 85.0 Å². The van der Waals surface area contributed by atoms with Crippen LogP contribution < -0.4 is 4.74 Å². The van der Waals surface area contributed by atoms with Gasteiger partial charge >= 0.3 is 6.36 Å². The van der Waals surface area contributed by atoms with Gasteiger partial charge in [-0.3, -0.25) is 0 Å². The highest BCUT2D eigenvalue weighted by Crippen LogP contribution is 2.23. The number of nitrogens with zero attached hydrogens (tertiary/aromatic N) is 1. The van der Waals surface area contributed by atoms with Crippen molar-refractivity contribution in [1.29, 1.82) is 0 Å². The number of ether oxygens (including phenoxy) is 1. The van der Waals surface area contributed by atoms with Gasteiger partial charge < -0.3 is 4.74 Å². The quantitative estimate of drug-likeness (QED) is 0.470. The van der Waals surface area contributed by atoms with Crippen molar-refractivity contribution in [3.05, 3.63) is 23.8 Å². The summed E-state index contributed by atoms with van der Waals surface area (Å²) in [6.07, 6.45) is -4.82. The Balaban J connectivity index is 2.92. The summed E-state index contributed by atoms with van der Waals surface area (Å²) in [4.78, 5) is 3.32. The number of hydrogen-bond acceptors (Lipinski definition) is 2. The van der Waals surface area contributed by atoms with Crippen molar-refractivity contribution < 1.29 is 22.3 Å². The third-order valence-corrected chi connectivity index (χ3v) is 1.77. The van der Waals surface area contributed by atoms with Crippen LogP contribution >= 0.6 is 15.9 Å². The molecule has 1 rings (SSSR count). The molecule has 0 aromatic carbocycles. The largest absolute Gasteiger partial charge is 0.573 e. The molecule has 1 aromatic heterocycles. The first-order chi connectivity index (χ1) is 6.40. The molecule has 0 amide bonds. The van der Waals surface area contributed by atoms with Crippen molar-refractivity contribution >= 4 is 15.9 Å². The monoisotopic (exact) mass is 273 g/mol. The van der Waals surface area contributed by atoms with Gasteiger partial charge in [-0.15, -0.1) is 13.2 Å². The van der Waals surface area contributed by atoms with Gasteiger partial charge in [-0.2, -0.15) is 4.39 Å². The molecular weight excluding hydrogens is 270 g/mol. The van der Waals surface area contributed by atoms with Crippen LogP contribution in [-0.2, 0) is 5.33 Å². The molecule has 1 heterocycles. The summed E-state index contributed by atoms with van der Waals surface area (Å²) in [5, 5.41) is 0.152. The Morgan fingerprint density at radius 2 is 2.00 bits per heavy atom. The van der Waals surface area contributed by atoms with E-state index in [1.807, 2.05) is 0 Å². The van der Waals surface area contributed by atoms with Gasteiger partial charge in [-0.25, -0.2) is 4.98 Å². The Bertz CT molecular complexity index is 328. The number of pyridine rings is 1. The van der Waals surface area contributed by atoms with Crippen LogP contribution in [0.5, 0.6) is 5.75 Å². The number of rotatable bonds is 2. The maximum atomic E-state index is 12.6. The predicted molar refractivity (Wildman–Crippen MR) is 43.5 cm³/mol. The minimum atomic E-state index is -4.82. The van der Waals surface area contributed by atoms with Crippen LogP contribution in [0, 0.1) is 5.95 Å². The molecule has 0 spiro atoms. The van der Waals surface area contributed by atoms with Gasteiger partial charge in [0.1, 0.15) is 5.75 Å². The SMILES string of the molecule is Fc1cc(OC(F)(F)F)cc(CBr)n1. The molecule has 0 radical (unpaired) electrons. The van der Waals surface area contributed by atoms with E-state index in [1.165, 1.54) is 0 Å². The first kappa shape index (κ1) is 11.2. The van der Waals surface area contributed by atoms with E-state index in [9.17, 15) is 17.6 Å². The van der Waals surface area contributed by atoms with Crippen LogP contribution in [0.15, 0.2) is 12.1 Å². The van der Waals surface area contributed by atoms with Gasteiger partial charge in [0.2, 0.25) is 5.95 Å². The lowest BCUT2D eigenvalue weighted by Crippen LogP contribution is -2.17. The van der Waals surface area contributed by atoms with E-state index in [0.29, 0.717) is 6.07 Å². The molecule has 0 bridgehead atoms. The Kier molecular flexibility index (Phi) is 3.30. The van der Waals surface area contributed by atoms with E-state index in [1.54, 1.807) is 0 Å².